The van der Waals surface area contributed by atoms with Crippen LogP contribution >= 0.6 is 0 Å². The minimum atomic E-state index is -0.538. The van der Waals surface area contributed by atoms with Crippen LogP contribution in [-0.2, 0) is 16.1 Å². The highest BCUT2D eigenvalue weighted by Gasteiger charge is 2.19. The zero-order chi connectivity index (χ0) is 19.5. The lowest BCUT2D eigenvalue weighted by Gasteiger charge is -2.33. The van der Waals surface area contributed by atoms with Crippen molar-refractivity contribution >= 4 is 28.4 Å². The van der Waals surface area contributed by atoms with E-state index in [1.165, 1.54) is 4.57 Å². The molecule has 2 aromatic carbocycles. The number of hydrogen-bond donors (Lipinski definition) is 1. The number of para-hydroxylation sites is 2. The van der Waals surface area contributed by atoms with E-state index in [2.05, 4.69) is 10.2 Å². The van der Waals surface area contributed by atoms with Crippen molar-refractivity contribution in [1.82, 2.24) is 4.57 Å². The molecule has 1 aliphatic rings. The molecule has 146 valence electrons. The van der Waals surface area contributed by atoms with Crippen molar-refractivity contribution in [1.29, 1.82) is 0 Å². The molecule has 3 aromatic rings. The molecule has 0 bridgehead atoms. The third-order valence-corrected chi connectivity index (χ3v) is 5.10. The number of ether oxygens (including phenoxy) is 1. The highest BCUT2D eigenvalue weighted by molar-refractivity contribution is 5.91. The largest absolute Gasteiger partial charge is 0.420 e. The van der Waals surface area contributed by atoms with Crippen molar-refractivity contribution in [2.75, 3.05) is 30.4 Å². The topological polar surface area (TPSA) is 76.7 Å². The van der Waals surface area contributed by atoms with Gasteiger partial charge in [0.05, 0.1) is 11.6 Å². The fourth-order valence-corrected chi connectivity index (χ4v) is 3.63. The molecule has 1 aliphatic heterocycles. The van der Waals surface area contributed by atoms with Crippen LogP contribution in [-0.4, -0.2) is 36.8 Å². The average Bonchev–Trinajstić information content (AvgIpc) is 3.04. The van der Waals surface area contributed by atoms with E-state index in [1.54, 1.807) is 31.4 Å². The maximum Gasteiger partial charge on any atom is 0.420 e. The molecule has 7 nitrogen and oxygen atoms in total. The SMILES string of the molecule is COC1CCCN(c2ccc(NC(=O)Cn3c(=O)oc4ccccc43)cc2)C1. The van der Waals surface area contributed by atoms with Crippen molar-refractivity contribution in [3.63, 3.8) is 0 Å². The molecule has 1 saturated heterocycles. The van der Waals surface area contributed by atoms with Gasteiger partial charge >= 0.3 is 5.76 Å². The number of piperidine rings is 1. The highest BCUT2D eigenvalue weighted by atomic mass is 16.5. The lowest BCUT2D eigenvalue weighted by Crippen LogP contribution is -2.39. The molecule has 1 fully saturated rings. The minimum Gasteiger partial charge on any atom is -0.408 e. The Bertz CT molecular complexity index is 1020. The van der Waals surface area contributed by atoms with Crippen LogP contribution in [0.25, 0.3) is 11.1 Å². The molecule has 1 atom stereocenters. The lowest BCUT2D eigenvalue weighted by atomic mass is 10.1. The Morgan fingerprint density at radius 2 is 2.00 bits per heavy atom. The zero-order valence-electron chi connectivity index (χ0n) is 15.8. The van der Waals surface area contributed by atoms with E-state index >= 15 is 0 Å². The van der Waals surface area contributed by atoms with Gasteiger partial charge in [-0.15, -0.1) is 0 Å². The zero-order valence-corrected chi connectivity index (χ0v) is 15.8. The Balaban J connectivity index is 1.42. The number of hydrogen-bond acceptors (Lipinski definition) is 5. The molecule has 4 rings (SSSR count). The van der Waals surface area contributed by atoms with Crippen molar-refractivity contribution in [3.05, 3.63) is 59.1 Å². The van der Waals surface area contributed by atoms with Gasteiger partial charge in [-0.25, -0.2) is 4.79 Å². The quantitative estimate of drug-likeness (QED) is 0.735. The van der Waals surface area contributed by atoms with Crippen LogP contribution in [0.4, 0.5) is 11.4 Å². The number of methoxy groups -OCH3 is 1. The molecule has 0 spiro atoms. The predicted molar refractivity (Wildman–Crippen MR) is 108 cm³/mol. The lowest BCUT2D eigenvalue weighted by molar-refractivity contribution is -0.116. The average molecular weight is 381 g/mol. The standard InChI is InChI=1S/C21H23N3O4/c1-27-17-5-4-12-23(13-17)16-10-8-15(9-11-16)22-20(25)14-24-18-6-2-3-7-19(18)28-21(24)26/h2-3,6-11,17H,4-5,12-14H2,1H3,(H,22,25). The Kier molecular flexibility index (Phi) is 5.16. The molecule has 0 aliphatic carbocycles. The molecule has 0 radical (unpaired) electrons. The number of rotatable bonds is 5. The maximum absolute atomic E-state index is 12.4. The molecule has 1 aromatic heterocycles. The van der Waals surface area contributed by atoms with Gasteiger partial charge in [-0.3, -0.25) is 9.36 Å². The number of aromatic nitrogens is 1. The Labute approximate surface area is 162 Å². The third kappa shape index (κ3) is 3.80. The number of fused-ring (bicyclic) bond motifs is 1. The molecule has 2 heterocycles. The summed E-state index contributed by atoms with van der Waals surface area (Å²) in [6, 6.07) is 14.8. The number of anilines is 2. The first-order valence-electron chi connectivity index (χ1n) is 9.40. The van der Waals surface area contributed by atoms with Gasteiger partial charge in [0.25, 0.3) is 0 Å². The number of nitrogens with zero attached hydrogens (tertiary/aromatic N) is 2. The molecule has 0 saturated carbocycles. The van der Waals surface area contributed by atoms with Crippen LogP contribution in [0, 0.1) is 0 Å². The number of oxazole rings is 1. The third-order valence-electron chi connectivity index (χ3n) is 5.10. The van der Waals surface area contributed by atoms with Gasteiger partial charge in [-0.05, 0) is 49.2 Å². The van der Waals surface area contributed by atoms with E-state index in [1.807, 2.05) is 24.3 Å². The summed E-state index contributed by atoms with van der Waals surface area (Å²) in [7, 11) is 1.75. The van der Waals surface area contributed by atoms with Crippen LogP contribution in [0.3, 0.4) is 0 Å². The summed E-state index contributed by atoms with van der Waals surface area (Å²) in [4.78, 5) is 26.7. The summed E-state index contributed by atoms with van der Waals surface area (Å²) in [5.74, 6) is -0.816. The van der Waals surface area contributed by atoms with Crippen LogP contribution < -0.4 is 16.0 Å². The second kappa shape index (κ2) is 7.90. The Hall–Kier alpha value is -3.06. The normalized spacial score (nSPS) is 17.0. The Morgan fingerprint density at radius 3 is 2.79 bits per heavy atom. The van der Waals surface area contributed by atoms with Crippen molar-refractivity contribution in [3.8, 4) is 0 Å². The molecule has 28 heavy (non-hydrogen) atoms. The number of carbonyl (C=O) groups is 1. The molecule has 1 unspecified atom stereocenters. The smallest absolute Gasteiger partial charge is 0.408 e. The Morgan fingerprint density at radius 1 is 1.21 bits per heavy atom. The molecule has 7 heteroatoms. The van der Waals surface area contributed by atoms with Crippen molar-refractivity contribution < 1.29 is 13.9 Å². The summed E-state index contributed by atoms with van der Waals surface area (Å²) < 4.78 is 12.0. The van der Waals surface area contributed by atoms with E-state index in [-0.39, 0.29) is 18.6 Å². The van der Waals surface area contributed by atoms with Crippen molar-refractivity contribution in [2.45, 2.75) is 25.5 Å². The summed E-state index contributed by atoms with van der Waals surface area (Å²) in [5.41, 5.74) is 2.88. The number of nitrogens with one attached hydrogen (secondary N) is 1. The van der Waals surface area contributed by atoms with E-state index in [0.717, 1.165) is 31.6 Å². The van der Waals surface area contributed by atoms with Gasteiger partial charge < -0.3 is 19.4 Å². The van der Waals surface area contributed by atoms with Gasteiger partial charge in [0.2, 0.25) is 5.91 Å². The molecule has 1 amide bonds. The van der Waals surface area contributed by atoms with E-state index in [0.29, 0.717) is 16.8 Å². The van der Waals surface area contributed by atoms with Crippen LogP contribution in [0.5, 0.6) is 0 Å². The minimum absolute atomic E-state index is 0.0980. The fraction of sp³-hybridized carbons (Fsp3) is 0.333. The maximum atomic E-state index is 12.4. The monoisotopic (exact) mass is 381 g/mol. The van der Waals surface area contributed by atoms with Gasteiger partial charge in [-0.2, -0.15) is 0 Å². The summed E-state index contributed by atoms with van der Waals surface area (Å²) in [5, 5.41) is 2.84. The first kappa shape index (κ1) is 18.3. The molecular weight excluding hydrogens is 358 g/mol. The second-order valence-corrected chi connectivity index (χ2v) is 6.96. The second-order valence-electron chi connectivity index (χ2n) is 6.96. The van der Waals surface area contributed by atoms with Gasteiger partial charge in [0.15, 0.2) is 5.58 Å². The summed E-state index contributed by atoms with van der Waals surface area (Å²) in [6.45, 7) is 1.78. The first-order valence-corrected chi connectivity index (χ1v) is 9.40. The van der Waals surface area contributed by atoms with Crippen LogP contribution in [0.15, 0.2) is 57.7 Å². The van der Waals surface area contributed by atoms with Crippen LogP contribution in [0.2, 0.25) is 0 Å². The molecular formula is C21H23N3O4. The van der Waals surface area contributed by atoms with Crippen molar-refractivity contribution in [2.24, 2.45) is 0 Å². The number of benzene rings is 2. The first-order chi connectivity index (χ1) is 13.6. The van der Waals surface area contributed by atoms with E-state index in [4.69, 9.17) is 9.15 Å². The highest BCUT2D eigenvalue weighted by Crippen LogP contribution is 2.23. The predicted octanol–water partition coefficient (Wildman–Crippen LogP) is 2.85. The molecule has 1 N–H and O–H groups in total. The summed E-state index contributed by atoms with van der Waals surface area (Å²) in [6.07, 6.45) is 2.45. The fourth-order valence-electron chi connectivity index (χ4n) is 3.63. The van der Waals surface area contributed by atoms with Gasteiger partial charge in [-0.1, -0.05) is 12.1 Å². The van der Waals surface area contributed by atoms with E-state index < -0.39 is 5.76 Å². The number of carbonyl (C=O) groups excluding carboxylic acids is 1. The van der Waals surface area contributed by atoms with E-state index in [9.17, 15) is 9.59 Å². The van der Waals surface area contributed by atoms with Crippen LogP contribution in [0.1, 0.15) is 12.8 Å². The summed E-state index contributed by atoms with van der Waals surface area (Å²) >= 11 is 0. The number of amides is 1. The van der Waals surface area contributed by atoms with Gasteiger partial charge in [0.1, 0.15) is 6.54 Å². The van der Waals surface area contributed by atoms with Gasteiger partial charge in [0, 0.05) is 31.6 Å².